The lowest BCUT2D eigenvalue weighted by Crippen LogP contribution is -2.23. The zero-order chi connectivity index (χ0) is 12.8. The highest BCUT2D eigenvalue weighted by Crippen LogP contribution is 2.10. The fourth-order valence-electron chi connectivity index (χ4n) is 1.67. The Bertz CT molecular complexity index is 511. The molecule has 100 valence electrons. The standard InChI is InChI=1S/C15H15BrN2.ClH/c16-14-8-6-13(7-9-14)11-18-15(17)10-12-4-2-1-3-5-12;/h1-9H,10-11H2,(H2,17,18);1H. The molecule has 0 fully saturated rings. The van der Waals surface area contributed by atoms with E-state index in [0.717, 1.165) is 10.0 Å². The summed E-state index contributed by atoms with van der Waals surface area (Å²) in [6, 6.07) is 18.2. The zero-order valence-electron chi connectivity index (χ0n) is 10.4. The van der Waals surface area contributed by atoms with Gasteiger partial charge in [0.2, 0.25) is 0 Å². The summed E-state index contributed by atoms with van der Waals surface area (Å²) in [6.07, 6.45) is 0.650. The SMILES string of the molecule is Cl.N=C(Cc1ccccc1)NCc1ccc(Br)cc1. The van der Waals surface area contributed by atoms with Gasteiger partial charge in [0, 0.05) is 17.4 Å². The first kappa shape index (κ1) is 15.7. The highest BCUT2D eigenvalue weighted by molar-refractivity contribution is 9.10. The highest BCUT2D eigenvalue weighted by Gasteiger charge is 1.99. The second kappa shape index (κ2) is 7.97. The third-order valence-electron chi connectivity index (χ3n) is 2.64. The van der Waals surface area contributed by atoms with E-state index in [9.17, 15) is 0 Å². The Morgan fingerprint density at radius 1 is 0.947 bits per heavy atom. The Hall–Kier alpha value is -1.32. The molecule has 0 unspecified atom stereocenters. The molecule has 2 rings (SSSR count). The van der Waals surface area contributed by atoms with Crippen LogP contribution in [-0.4, -0.2) is 5.84 Å². The maximum Gasteiger partial charge on any atom is 0.0979 e. The minimum Gasteiger partial charge on any atom is -0.370 e. The van der Waals surface area contributed by atoms with E-state index in [1.807, 2.05) is 54.6 Å². The molecule has 0 saturated carbocycles. The van der Waals surface area contributed by atoms with Crippen molar-refractivity contribution in [2.45, 2.75) is 13.0 Å². The van der Waals surface area contributed by atoms with Crippen molar-refractivity contribution in [3.05, 3.63) is 70.2 Å². The molecule has 19 heavy (non-hydrogen) atoms. The molecule has 0 aliphatic carbocycles. The summed E-state index contributed by atoms with van der Waals surface area (Å²) < 4.78 is 1.07. The smallest absolute Gasteiger partial charge is 0.0979 e. The van der Waals surface area contributed by atoms with Crippen LogP contribution in [0.25, 0.3) is 0 Å². The summed E-state index contributed by atoms with van der Waals surface area (Å²) in [5, 5.41) is 11.0. The fourth-order valence-corrected chi connectivity index (χ4v) is 1.94. The molecule has 2 aromatic rings. The van der Waals surface area contributed by atoms with E-state index in [0.29, 0.717) is 18.8 Å². The summed E-state index contributed by atoms with van der Waals surface area (Å²) >= 11 is 3.41. The first-order valence-corrected chi connectivity index (χ1v) is 6.63. The van der Waals surface area contributed by atoms with Crippen LogP contribution in [0.5, 0.6) is 0 Å². The van der Waals surface area contributed by atoms with E-state index < -0.39 is 0 Å². The molecule has 0 aliphatic rings. The number of hydrogen-bond donors (Lipinski definition) is 2. The van der Waals surface area contributed by atoms with Gasteiger partial charge in [-0.15, -0.1) is 12.4 Å². The molecule has 0 amide bonds. The lowest BCUT2D eigenvalue weighted by atomic mass is 10.1. The molecule has 0 aromatic heterocycles. The minimum atomic E-state index is 0. The number of halogens is 2. The molecular formula is C15H16BrClN2. The van der Waals surface area contributed by atoms with Crippen molar-refractivity contribution >= 4 is 34.2 Å². The minimum absolute atomic E-state index is 0. The normalized spacial score (nSPS) is 9.53. The summed E-state index contributed by atoms with van der Waals surface area (Å²) in [7, 11) is 0. The topological polar surface area (TPSA) is 35.9 Å². The third kappa shape index (κ3) is 5.45. The van der Waals surface area contributed by atoms with Gasteiger partial charge in [-0.05, 0) is 23.3 Å². The van der Waals surface area contributed by atoms with Gasteiger partial charge in [0.15, 0.2) is 0 Å². The van der Waals surface area contributed by atoms with E-state index in [4.69, 9.17) is 5.41 Å². The third-order valence-corrected chi connectivity index (χ3v) is 3.17. The van der Waals surface area contributed by atoms with E-state index in [-0.39, 0.29) is 12.4 Å². The maximum atomic E-state index is 7.90. The van der Waals surface area contributed by atoms with Crippen molar-refractivity contribution < 1.29 is 0 Å². The summed E-state index contributed by atoms with van der Waals surface area (Å²) in [5.41, 5.74) is 2.34. The van der Waals surface area contributed by atoms with Gasteiger partial charge in [0.1, 0.15) is 0 Å². The molecule has 0 bridgehead atoms. The Labute approximate surface area is 128 Å². The summed E-state index contributed by atoms with van der Waals surface area (Å²) in [5.74, 6) is 0.545. The lowest BCUT2D eigenvalue weighted by molar-refractivity contribution is 0.886. The van der Waals surface area contributed by atoms with Crippen LogP contribution in [0, 0.1) is 5.41 Å². The summed E-state index contributed by atoms with van der Waals surface area (Å²) in [6.45, 7) is 0.693. The van der Waals surface area contributed by atoms with E-state index in [1.54, 1.807) is 0 Å². The van der Waals surface area contributed by atoms with Crippen molar-refractivity contribution in [3.63, 3.8) is 0 Å². The monoisotopic (exact) mass is 338 g/mol. The zero-order valence-corrected chi connectivity index (χ0v) is 12.8. The van der Waals surface area contributed by atoms with Crippen molar-refractivity contribution in [1.82, 2.24) is 5.32 Å². The van der Waals surface area contributed by atoms with Crippen LogP contribution < -0.4 is 5.32 Å². The van der Waals surface area contributed by atoms with Crippen LogP contribution in [0.1, 0.15) is 11.1 Å². The Morgan fingerprint density at radius 3 is 2.21 bits per heavy atom. The summed E-state index contributed by atoms with van der Waals surface area (Å²) in [4.78, 5) is 0. The van der Waals surface area contributed by atoms with Crippen molar-refractivity contribution in [2.24, 2.45) is 0 Å². The van der Waals surface area contributed by atoms with Crippen LogP contribution in [0.4, 0.5) is 0 Å². The van der Waals surface area contributed by atoms with Gasteiger partial charge in [-0.3, -0.25) is 5.41 Å². The molecule has 0 heterocycles. The molecule has 2 nitrogen and oxygen atoms in total. The molecule has 2 N–H and O–H groups in total. The van der Waals surface area contributed by atoms with Gasteiger partial charge < -0.3 is 5.32 Å². The van der Waals surface area contributed by atoms with Gasteiger partial charge in [-0.2, -0.15) is 0 Å². The first-order chi connectivity index (χ1) is 8.74. The number of benzene rings is 2. The average Bonchev–Trinajstić information content (AvgIpc) is 2.39. The van der Waals surface area contributed by atoms with Crippen LogP contribution in [0.3, 0.4) is 0 Å². The maximum absolute atomic E-state index is 7.90. The molecule has 0 saturated heterocycles. The largest absolute Gasteiger partial charge is 0.370 e. The van der Waals surface area contributed by atoms with Gasteiger partial charge in [0.25, 0.3) is 0 Å². The van der Waals surface area contributed by atoms with Crippen LogP contribution in [-0.2, 0) is 13.0 Å². The van der Waals surface area contributed by atoms with Crippen LogP contribution >= 0.6 is 28.3 Å². The fraction of sp³-hybridized carbons (Fsp3) is 0.133. The van der Waals surface area contributed by atoms with E-state index >= 15 is 0 Å². The molecule has 0 radical (unpaired) electrons. The van der Waals surface area contributed by atoms with Gasteiger partial charge in [0.05, 0.1) is 5.84 Å². The Kier molecular flexibility index (Phi) is 6.60. The van der Waals surface area contributed by atoms with E-state index in [2.05, 4.69) is 21.2 Å². The second-order valence-electron chi connectivity index (χ2n) is 4.12. The second-order valence-corrected chi connectivity index (χ2v) is 5.04. The molecule has 2 aromatic carbocycles. The molecule has 4 heteroatoms. The molecular weight excluding hydrogens is 324 g/mol. The molecule has 0 aliphatic heterocycles. The molecule has 0 spiro atoms. The van der Waals surface area contributed by atoms with Crippen molar-refractivity contribution in [3.8, 4) is 0 Å². The van der Waals surface area contributed by atoms with Gasteiger partial charge >= 0.3 is 0 Å². The number of rotatable bonds is 4. The van der Waals surface area contributed by atoms with Crippen molar-refractivity contribution in [1.29, 1.82) is 5.41 Å². The number of nitrogens with one attached hydrogen (secondary N) is 2. The Morgan fingerprint density at radius 2 is 1.58 bits per heavy atom. The molecule has 0 atom stereocenters. The predicted molar refractivity (Wildman–Crippen MR) is 86.1 cm³/mol. The van der Waals surface area contributed by atoms with Crippen LogP contribution in [0.15, 0.2) is 59.1 Å². The van der Waals surface area contributed by atoms with Crippen LogP contribution in [0.2, 0.25) is 0 Å². The number of hydrogen-bond acceptors (Lipinski definition) is 1. The lowest BCUT2D eigenvalue weighted by Gasteiger charge is -2.08. The quantitative estimate of drug-likeness (QED) is 0.636. The average molecular weight is 340 g/mol. The predicted octanol–water partition coefficient (Wildman–Crippen LogP) is 4.18. The van der Waals surface area contributed by atoms with Gasteiger partial charge in [-0.1, -0.05) is 58.4 Å². The van der Waals surface area contributed by atoms with E-state index in [1.165, 1.54) is 5.56 Å². The number of amidine groups is 1. The Balaban J connectivity index is 0.00000180. The highest BCUT2D eigenvalue weighted by atomic mass is 79.9. The first-order valence-electron chi connectivity index (χ1n) is 5.84. The van der Waals surface area contributed by atoms with Gasteiger partial charge in [-0.25, -0.2) is 0 Å². The van der Waals surface area contributed by atoms with Crippen molar-refractivity contribution in [2.75, 3.05) is 0 Å².